The molecule has 2 aromatic carbocycles. The van der Waals surface area contributed by atoms with Crippen molar-refractivity contribution in [1.82, 2.24) is 10.6 Å². The molecule has 1 saturated carbocycles. The highest BCUT2D eigenvalue weighted by Gasteiger charge is 2.32. The molecular formula is C27H32N2O6. The molecule has 2 aliphatic rings. The van der Waals surface area contributed by atoms with Crippen LogP contribution in [-0.4, -0.2) is 53.5 Å². The molecule has 0 heterocycles. The monoisotopic (exact) mass is 480 g/mol. The van der Waals surface area contributed by atoms with Crippen LogP contribution in [0.3, 0.4) is 0 Å². The second kappa shape index (κ2) is 11.4. The Morgan fingerprint density at radius 2 is 1.54 bits per heavy atom. The van der Waals surface area contributed by atoms with Crippen molar-refractivity contribution in [3.8, 4) is 11.1 Å². The van der Waals surface area contributed by atoms with E-state index in [1.54, 1.807) is 0 Å². The van der Waals surface area contributed by atoms with Crippen molar-refractivity contribution < 1.29 is 29.3 Å². The summed E-state index contributed by atoms with van der Waals surface area (Å²) >= 11 is 0. The quantitative estimate of drug-likeness (QED) is 0.413. The number of alkyl carbamates (subject to hydrolysis) is 1. The number of carbonyl (C=O) groups excluding carboxylic acids is 2. The first-order valence-corrected chi connectivity index (χ1v) is 12.2. The summed E-state index contributed by atoms with van der Waals surface area (Å²) in [5.74, 6) is -1.60. The zero-order valence-electron chi connectivity index (χ0n) is 19.6. The second-order valence-corrected chi connectivity index (χ2v) is 9.30. The third kappa shape index (κ3) is 5.82. The SMILES string of the molecule is O=C(CC(NC(=O)OCC1c2ccccc2-c2ccccc21)C1CCCC1)N[C@H](CCO)C(=O)O. The summed E-state index contributed by atoms with van der Waals surface area (Å²) in [5, 5.41) is 23.6. The second-order valence-electron chi connectivity index (χ2n) is 9.30. The smallest absolute Gasteiger partial charge is 0.407 e. The van der Waals surface area contributed by atoms with Crippen molar-refractivity contribution in [2.24, 2.45) is 5.92 Å². The Labute approximate surface area is 204 Å². The molecule has 0 bridgehead atoms. The van der Waals surface area contributed by atoms with E-state index >= 15 is 0 Å². The summed E-state index contributed by atoms with van der Waals surface area (Å²) in [6.07, 6.45) is 3.14. The van der Waals surface area contributed by atoms with Gasteiger partial charge in [-0.25, -0.2) is 9.59 Å². The number of aliphatic hydroxyl groups excluding tert-OH is 1. The van der Waals surface area contributed by atoms with Gasteiger partial charge in [0.05, 0.1) is 0 Å². The molecule has 2 aliphatic carbocycles. The third-order valence-corrected chi connectivity index (χ3v) is 7.07. The lowest BCUT2D eigenvalue weighted by atomic mass is 9.95. The van der Waals surface area contributed by atoms with E-state index in [-0.39, 0.29) is 37.9 Å². The maximum absolute atomic E-state index is 12.8. The number of aliphatic carboxylic acids is 1. The maximum atomic E-state index is 12.8. The first-order valence-electron chi connectivity index (χ1n) is 12.2. The molecule has 8 heteroatoms. The Hall–Kier alpha value is -3.39. The molecule has 4 rings (SSSR count). The molecule has 0 aromatic heterocycles. The minimum atomic E-state index is -1.20. The number of fused-ring (bicyclic) bond motifs is 3. The number of hydrogen-bond acceptors (Lipinski definition) is 5. The number of carboxylic acids is 1. The lowest BCUT2D eigenvalue weighted by Crippen LogP contribution is -2.47. The number of benzene rings is 2. The number of carbonyl (C=O) groups is 3. The van der Waals surface area contributed by atoms with Gasteiger partial charge in [-0.2, -0.15) is 0 Å². The van der Waals surface area contributed by atoms with Crippen LogP contribution in [0.1, 0.15) is 55.6 Å². The van der Waals surface area contributed by atoms with Gasteiger partial charge in [-0.05, 0) is 41.0 Å². The van der Waals surface area contributed by atoms with Crippen LogP contribution in [0, 0.1) is 5.92 Å². The molecule has 0 aliphatic heterocycles. The summed E-state index contributed by atoms with van der Waals surface area (Å²) in [5.41, 5.74) is 4.54. The van der Waals surface area contributed by atoms with E-state index in [1.165, 1.54) is 0 Å². The van der Waals surface area contributed by atoms with Crippen LogP contribution < -0.4 is 10.6 Å². The number of aliphatic hydroxyl groups is 1. The standard InChI is InChI=1S/C27H32N2O6/c30-14-13-23(26(32)33)28-25(31)15-24(17-7-1-2-8-17)29-27(34)35-16-22-20-11-5-3-9-18(20)19-10-4-6-12-21(19)22/h3-6,9-12,17,22-24,30H,1-2,7-8,13-16H2,(H,28,31)(H,29,34)(H,32,33)/t23-,24?/m1/s1. The number of carboxylic acid groups (broad SMARTS) is 1. The van der Waals surface area contributed by atoms with Crippen LogP contribution in [0.2, 0.25) is 0 Å². The van der Waals surface area contributed by atoms with Gasteiger partial charge < -0.3 is 25.6 Å². The normalized spacial score (nSPS) is 16.7. The first kappa shape index (κ1) is 24.7. The van der Waals surface area contributed by atoms with Crippen LogP contribution in [0.5, 0.6) is 0 Å². The predicted molar refractivity (Wildman–Crippen MR) is 130 cm³/mol. The number of ether oxygens (including phenoxy) is 1. The van der Waals surface area contributed by atoms with E-state index in [4.69, 9.17) is 9.84 Å². The minimum Gasteiger partial charge on any atom is -0.480 e. The fourth-order valence-electron chi connectivity index (χ4n) is 5.33. The van der Waals surface area contributed by atoms with Crippen molar-refractivity contribution in [2.45, 2.75) is 56.5 Å². The third-order valence-electron chi connectivity index (χ3n) is 7.07. The Bertz CT molecular complexity index is 1020. The molecule has 35 heavy (non-hydrogen) atoms. The van der Waals surface area contributed by atoms with E-state index in [9.17, 15) is 19.5 Å². The Morgan fingerprint density at radius 1 is 0.943 bits per heavy atom. The van der Waals surface area contributed by atoms with Crippen molar-refractivity contribution in [3.63, 3.8) is 0 Å². The molecule has 0 radical (unpaired) electrons. The predicted octanol–water partition coefficient (Wildman–Crippen LogP) is 3.43. The van der Waals surface area contributed by atoms with Crippen molar-refractivity contribution in [3.05, 3.63) is 59.7 Å². The van der Waals surface area contributed by atoms with Gasteiger partial charge in [-0.15, -0.1) is 0 Å². The molecule has 8 nitrogen and oxygen atoms in total. The highest BCUT2D eigenvalue weighted by molar-refractivity contribution is 5.84. The highest BCUT2D eigenvalue weighted by atomic mass is 16.5. The lowest BCUT2D eigenvalue weighted by molar-refractivity contribution is -0.142. The van der Waals surface area contributed by atoms with E-state index in [2.05, 4.69) is 34.9 Å². The average Bonchev–Trinajstić information content (AvgIpc) is 3.49. The van der Waals surface area contributed by atoms with Crippen molar-refractivity contribution in [2.75, 3.05) is 13.2 Å². The van der Waals surface area contributed by atoms with Crippen LogP contribution >= 0.6 is 0 Å². The highest BCUT2D eigenvalue weighted by Crippen LogP contribution is 2.44. The van der Waals surface area contributed by atoms with Crippen molar-refractivity contribution in [1.29, 1.82) is 0 Å². The Balaban J connectivity index is 1.39. The van der Waals surface area contributed by atoms with Gasteiger partial charge in [0.25, 0.3) is 0 Å². The minimum absolute atomic E-state index is 0.0376. The van der Waals surface area contributed by atoms with Gasteiger partial charge in [0.15, 0.2) is 0 Å². The molecule has 4 N–H and O–H groups in total. The summed E-state index contributed by atoms with van der Waals surface area (Å²) in [6, 6.07) is 14.6. The molecule has 2 amide bonds. The molecule has 0 saturated heterocycles. The van der Waals surface area contributed by atoms with Gasteiger partial charge in [0.2, 0.25) is 5.91 Å². The fraction of sp³-hybridized carbons (Fsp3) is 0.444. The van der Waals surface area contributed by atoms with E-state index in [1.807, 2.05) is 24.3 Å². The van der Waals surface area contributed by atoms with Gasteiger partial charge in [0.1, 0.15) is 12.6 Å². The van der Waals surface area contributed by atoms with E-state index in [0.717, 1.165) is 47.9 Å². The first-order chi connectivity index (χ1) is 17.0. The number of hydrogen-bond donors (Lipinski definition) is 4. The van der Waals surface area contributed by atoms with Gasteiger partial charge in [-0.3, -0.25) is 4.79 Å². The van der Waals surface area contributed by atoms with Crippen molar-refractivity contribution >= 4 is 18.0 Å². The number of amides is 2. The van der Waals surface area contributed by atoms with E-state index in [0.29, 0.717) is 0 Å². The van der Waals surface area contributed by atoms with E-state index < -0.39 is 30.1 Å². The summed E-state index contributed by atoms with van der Waals surface area (Å²) in [7, 11) is 0. The van der Waals surface area contributed by atoms with Gasteiger partial charge >= 0.3 is 12.1 Å². The van der Waals surface area contributed by atoms with Gasteiger partial charge in [-0.1, -0.05) is 61.4 Å². The van der Waals surface area contributed by atoms with Crippen LogP contribution in [0.4, 0.5) is 4.79 Å². The molecule has 2 atom stereocenters. The number of rotatable bonds is 10. The fourth-order valence-corrected chi connectivity index (χ4v) is 5.33. The van der Waals surface area contributed by atoms with Crippen LogP contribution in [0.25, 0.3) is 11.1 Å². The zero-order valence-corrected chi connectivity index (χ0v) is 19.6. The summed E-state index contributed by atoms with van der Waals surface area (Å²) in [4.78, 5) is 36.7. The molecule has 186 valence electrons. The molecule has 2 aromatic rings. The molecule has 1 fully saturated rings. The number of nitrogens with one attached hydrogen (secondary N) is 2. The Kier molecular flexibility index (Phi) is 8.02. The summed E-state index contributed by atoms with van der Waals surface area (Å²) in [6.45, 7) is -0.164. The topological polar surface area (TPSA) is 125 Å². The lowest BCUT2D eigenvalue weighted by Gasteiger charge is -2.25. The molecule has 0 spiro atoms. The van der Waals surface area contributed by atoms with Crippen LogP contribution in [0.15, 0.2) is 48.5 Å². The van der Waals surface area contributed by atoms with Gasteiger partial charge in [0, 0.05) is 31.4 Å². The Morgan fingerprint density at radius 3 is 2.11 bits per heavy atom. The average molecular weight is 481 g/mol. The zero-order chi connectivity index (χ0) is 24.8. The summed E-state index contributed by atoms with van der Waals surface area (Å²) < 4.78 is 5.66. The largest absolute Gasteiger partial charge is 0.480 e. The molecular weight excluding hydrogens is 448 g/mol. The maximum Gasteiger partial charge on any atom is 0.407 e. The van der Waals surface area contributed by atoms with Crippen LogP contribution in [-0.2, 0) is 14.3 Å². The molecule has 1 unspecified atom stereocenters.